The summed E-state index contributed by atoms with van der Waals surface area (Å²) in [7, 11) is 0. The Labute approximate surface area is 155 Å². The second-order valence-corrected chi connectivity index (χ2v) is 6.48. The molecule has 0 saturated carbocycles. The number of benzene rings is 2. The zero-order chi connectivity index (χ0) is 17.8. The van der Waals surface area contributed by atoms with Crippen LogP contribution in [0.25, 0.3) is 6.08 Å². The van der Waals surface area contributed by atoms with Crippen molar-refractivity contribution >= 4 is 27.8 Å². The number of hydrogen-bond donors (Lipinski definition) is 0. The second-order valence-electron chi connectivity index (χ2n) is 5.57. The van der Waals surface area contributed by atoms with Crippen LogP contribution in [0.1, 0.15) is 36.2 Å². The van der Waals surface area contributed by atoms with Crippen molar-refractivity contribution in [3.05, 3.63) is 57.8 Å². The minimum Gasteiger partial charge on any atom is -0.490 e. The van der Waals surface area contributed by atoms with Crippen molar-refractivity contribution in [2.75, 3.05) is 13.2 Å². The van der Waals surface area contributed by atoms with Gasteiger partial charge in [0.25, 0.3) is 0 Å². The highest BCUT2D eigenvalue weighted by atomic mass is 79.9. The van der Waals surface area contributed by atoms with E-state index in [0.29, 0.717) is 41.8 Å². The minimum absolute atomic E-state index is 0.124. The molecule has 0 atom stereocenters. The maximum Gasteiger partial charge on any atom is 0.232 e. The van der Waals surface area contributed by atoms with Crippen LogP contribution in [0, 0.1) is 0 Å². The van der Waals surface area contributed by atoms with Crippen LogP contribution in [0.5, 0.6) is 17.2 Å². The number of ether oxygens (including phenoxy) is 3. The summed E-state index contributed by atoms with van der Waals surface area (Å²) in [5.74, 6) is 2.12. The van der Waals surface area contributed by atoms with Crippen LogP contribution >= 0.6 is 15.9 Å². The zero-order valence-electron chi connectivity index (χ0n) is 14.2. The molecule has 1 aliphatic heterocycles. The molecule has 0 saturated heterocycles. The van der Waals surface area contributed by atoms with Crippen molar-refractivity contribution in [1.82, 2.24) is 0 Å². The Kier molecular flexibility index (Phi) is 5.43. The maximum atomic E-state index is 12.5. The largest absolute Gasteiger partial charge is 0.490 e. The van der Waals surface area contributed by atoms with Crippen LogP contribution in [0.3, 0.4) is 0 Å². The van der Waals surface area contributed by atoms with Gasteiger partial charge in [-0.25, -0.2) is 0 Å². The highest BCUT2D eigenvalue weighted by molar-refractivity contribution is 9.10. The van der Waals surface area contributed by atoms with E-state index in [4.69, 9.17) is 14.2 Å². The predicted molar refractivity (Wildman–Crippen MR) is 100 cm³/mol. The fourth-order valence-electron chi connectivity index (χ4n) is 2.53. The van der Waals surface area contributed by atoms with E-state index in [2.05, 4.69) is 22.9 Å². The summed E-state index contributed by atoms with van der Waals surface area (Å²) >= 11 is 3.38. The van der Waals surface area contributed by atoms with Crippen molar-refractivity contribution in [2.45, 2.75) is 20.3 Å². The normalized spacial score (nSPS) is 14.4. The van der Waals surface area contributed by atoms with Gasteiger partial charge >= 0.3 is 0 Å². The molecule has 130 valence electrons. The Hall–Kier alpha value is -2.27. The van der Waals surface area contributed by atoms with Gasteiger partial charge in [-0.15, -0.1) is 0 Å². The molecule has 0 amide bonds. The average molecular weight is 403 g/mol. The lowest BCUT2D eigenvalue weighted by Gasteiger charge is -2.12. The summed E-state index contributed by atoms with van der Waals surface area (Å²) in [6.07, 6.45) is 2.65. The number of rotatable bonds is 6. The van der Waals surface area contributed by atoms with Gasteiger partial charge in [0.05, 0.1) is 18.8 Å². The smallest absolute Gasteiger partial charge is 0.232 e. The van der Waals surface area contributed by atoms with E-state index in [1.54, 1.807) is 18.2 Å². The third-order valence-electron chi connectivity index (χ3n) is 3.66. The van der Waals surface area contributed by atoms with Gasteiger partial charge in [-0.2, -0.15) is 0 Å². The highest BCUT2D eigenvalue weighted by Gasteiger charge is 2.27. The fraction of sp³-hybridized carbons (Fsp3) is 0.250. The van der Waals surface area contributed by atoms with Crippen molar-refractivity contribution in [3.8, 4) is 17.2 Å². The Morgan fingerprint density at radius 2 is 1.92 bits per heavy atom. The van der Waals surface area contributed by atoms with Crippen molar-refractivity contribution < 1.29 is 19.0 Å². The summed E-state index contributed by atoms with van der Waals surface area (Å²) in [5.41, 5.74) is 1.39. The molecule has 0 aromatic heterocycles. The molecule has 3 rings (SSSR count). The van der Waals surface area contributed by atoms with Crippen LogP contribution in [0.2, 0.25) is 0 Å². The first-order chi connectivity index (χ1) is 12.1. The summed E-state index contributed by atoms with van der Waals surface area (Å²) in [4.78, 5) is 12.5. The first-order valence-electron chi connectivity index (χ1n) is 8.25. The molecule has 1 aliphatic rings. The van der Waals surface area contributed by atoms with Gasteiger partial charge in [-0.1, -0.05) is 28.9 Å². The number of allylic oxidation sites excluding steroid dienone is 1. The lowest BCUT2D eigenvalue weighted by molar-refractivity contribution is 0.101. The zero-order valence-corrected chi connectivity index (χ0v) is 15.8. The highest BCUT2D eigenvalue weighted by Crippen LogP contribution is 2.35. The van der Waals surface area contributed by atoms with Crippen molar-refractivity contribution in [2.24, 2.45) is 0 Å². The summed E-state index contributed by atoms with van der Waals surface area (Å²) in [6.45, 7) is 5.15. The Balaban J connectivity index is 1.89. The first kappa shape index (κ1) is 17.5. The van der Waals surface area contributed by atoms with Gasteiger partial charge in [0.2, 0.25) is 5.78 Å². The lowest BCUT2D eigenvalue weighted by atomic mass is 10.1. The van der Waals surface area contributed by atoms with Crippen LogP contribution in [0.15, 0.2) is 46.6 Å². The monoisotopic (exact) mass is 402 g/mol. The van der Waals surface area contributed by atoms with Gasteiger partial charge in [-0.05, 0) is 55.3 Å². The van der Waals surface area contributed by atoms with E-state index in [1.165, 1.54) is 0 Å². The molecule has 0 N–H and O–H groups in total. The van der Waals surface area contributed by atoms with Crippen molar-refractivity contribution in [3.63, 3.8) is 0 Å². The van der Waals surface area contributed by atoms with E-state index in [1.807, 2.05) is 31.2 Å². The molecular formula is C20H19BrO4. The molecule has 1 heterocycles. The number of carbonyl (C=O) groups excluding carboxylic acids is 1. The average Bonchev–Trinajstić information content (AvgIpc) is 2.90. The third-order valence-corrected chi connectivity index (χ3v) is 4.15. The molecular weight excluding hydrogens is 384 g/mol. The molecule has 0 spiro atoms. The third kappa shape index (κ3) is 3.87. The van der Waals surface area contributed by atoms with Crippen LogP contribution in [-0.2, 0) is 0 Å². The van der Waals surface area contributed by atoms with Crippen molar-refractivity contribution in [1.29, 1.82) is 0 Å². The van der Waals surface area contributed by atoms with E-state index in [9.17, 15) is 4.79 Å². The maximum absolute atomic E-state index is 12.5. The SMILES string of the molecule is CCCOc1ccc(/C=C2\Oc3ccc(Br)cc3C2=O)cc1OCC. The molecule has 25 heavy (non-hydrogen) atoms. The van der Waals surface area contributed by atoms with E-state index >= 15 is 0 Å². The molecule has 0 unspecified atom stereocenters. The number of carbonyl (C=O) groups is 1. The van der Waals surface area contributed by atoms with E-state index in [0.717, 1.165) is 16.5 Å². The van der Waals surface area contributed by atoms with Crippen LogP contribution in [0.4, 0.5) is 0 Å². The Morgan fingerprint density at radius 1 is 1.08 bits per heavy atom. The molecule has 0 fully saturated rings. The van der Waals surface area contributed by atoms with E-state index in [-0.39, 0.29) is 5.78 Å². The quantitative estimate of drug-likeness (QED) is 0.618. The van der Waals surface area contributed by atoms with Gasteiger partial charge in [0.15, 0.2) is 17.3 Å². The number of ketones is 1. The molecule has 5 heteroatoms. The van der Waals surface area contributed by atoms with Crippen LogP contribution < -0.4 is 14.2 Å². The molecule has 0 radical (unpaired) electrons. The standard InChI is InChI=1S/C20H19BrO4/c1-3-9-24-17-7-5-13(10-18(17)23-4-2)11-19-20(22)15-12-14(21)6-8-16(15)25-19/h5-8,10-12H,3-4,9H2,1-2H3/b19-11-. The number of halogens is 1. The lowest BCUT2D eigenvalue weighted by Crippen LogP contribution is -2.01. The molecule has 2 aromatic carbocycles. The predicted octanol–water partition coefficient (Wildman–Crippen LogP) is 5.25. The Morgan fingerprint density at radius 3 is 2.68 bits per heavy atom. The summed E-state index contributed by atoms with van der Waals surface area (Å²) in [5, 5.41) is 0. The fourth-order valence-corrected chi connectivity index (χ4v) is 2.89. The second kappa shape index (κ2) is 7.74. The molecule has 0 aliphatic carbocycles. The minimum atomic E-state index is -0.124. The molecule has 4 nitrogen and oxygen atoms in total. The van der Waals surface area contributed by atoms with Crippen LogP contribution in [-0.4, -0.2) is 19.0 Å². The summed E-state index contributed by atoms with van der Waals surface area (Å²) < 4.78 is 17.9. The number of hydrogen-bond acceptors (Lipinski definition) is 4. The number of Topliss-reactive ketones (excluding diaryl/α,β-unsaturated/α-hetero) is 1. The van der Waals surface area contributed by atoms with Gasteiger partial charge in [0.1, 0.15) is 5.75 Å². The Bertz CT molecular complexity index is 826. The van der Waals surface area contributed by atoms with Gasteiger partial charge in [-0.3, -0.25) is 4.79 Å². The van der Waals surface area contributed by atoms with Gasteiger partial charge < -0.3 is 14.2 Å². The topological polar surface area (TPSA) is 44.8 Å². The first-order valence-corrected chi connectivity index (χ1v) is 9.05. The molecule has 0 bridgehead atoms. The van der Waals surface area contributed by atoms with Gasteiger partial charge in [0, 0.05) is 4.47 Å². The number of fused-ring (bicyclic) bond motifs is 1. The summed E-state index contributed by atoms with van der Waals surface area (Å²) in [6, 6.07) is 11.0. The molecule has 2 aromatic rings. The van der Waals surface area contributed by atoms with E-state index < -0.39 is 0 Å².